The standard InChI is InChI=1S/C27H25FN4O2S/c1-17-31-14-24(35-17)16-33-22-10-19(28)11-23(12-22)34-21-8-6-20(7-9-21)32-15-25(18-4-2-3-5-18)27(30)26(32)13-29/h6-12,14-15,18H,2-5,16,30H2,1H3. The Morgan fingerprint density at radius 2 is 1.89 bits per heavy atom. The SMILES string of the molecule is Cc1ncc(COc2cc(F)cc(Oc3ccc(-n4cc(C5CCCC5)c(N)c4C#N)cc3)c2)s1. The molecule has 2 aromatic heterocycles. The Balaban J connectivity index is 1.32. The maximum atomic E-state index is 14.2. The summed E-state index contributed by atoms with van der Waals surface area (Å²) in [5.41, 5.74) is 9.22. The number of rotatable bonds is 7. The minimum Gasteiger partial charge on any atom is -0.488 e. The molecule has 0 aliphatic heterocycles. The molecule has 4 aromatic rings. The van der Waals surface area contributed by atoms with Crippen LogP contribution < -0.4 is 15.2 Å². The highest BCUT2D eigenvalue weighted by molar-refractivity contribution is 7.11. The van der Waals surface area contributed by atoms with Crippen molar-refractivity contribution in [3.8, 4) is 29.0 Å². The van der Waals surface area contributed by atoms with Gasteiger partial charge in [-0.15, -0.1) is 11.3 Å². The number of nitrogen functional groups attached to an aromatic ring is 1. The number of anilines is 1. The number of thiazole rings is 1. The van der Waals surface area contributed by atoms with E-state index in [1.807, 2.05) is 29.8 Å². The van der Waals surface area contributed by atoms with E-state index in [1.165, 1.54) is 36.3 Å². The summed E-state index contributed by atoms with van der Waals surface area (Å²) in [6.07, 6.45) is 8.34. The lowest BCUT2D eigenvalue weighted by Gasteiger charge is -2.11. The second-order valence-electron chi connectivity index (χ2n) is 8.66. The summed E-state index contributed by atoms with van der Waals surface area (Å²) >= 11 is 1.54. The number of nitrogens with zero attached hydrogens (tertiary/aromatic N) is 3. The van der Waals surface area contributed by atoms with E-state index in [1.54, 1.807) is 24.4 Å². The third kappa shape index (κ3) is 5.00. The minimum atomic E-state index is -0.449. The lowest BCUT2D eigenvalue weighted by Crippen LogP contribution is -1.98. The van der Waals surface area contributed by atoms with Crippen LogP contribution in [-0.4, -0.2) is 9.55 Å². The van der Waals surface area contributed by atoms with E-state index in [2.05, 4.69) is 11.1 Å². The lowest BCUT2D eigenvalue weighted by atomic mass is 9.99. The average Bonchev–Trinajstić information content (AvgIpc) is 3.58. The highest BCUT2D eigenvalue weighted by Crippen LogP contribution is 2.39. The number of ether oxygens (including phenoxy) is 2. The fourth-order valence-corrected chi connectivity index (χ4v) is 5.24. The van der Waals surface area contributed by atoms with E-state index in [0.29, 0.717) is 41.2 Å². The minimum absolute atomic E-state index is 0.313. The summed E-state index contributed by atoms with van der Waals surface area (Å²) in [6, 6.07) is 13.8. The van der Waals surface area contributed by atoms with Crippen molar-refractivity contribution in [2.45, 2.75) is 45.1 Å². The van der Waals surface area contributed by atoms with Gasteiger partial charge in [0.25, 0.3) is 0 Å². The van der Waals surface area contributed by atoms with Gasteiger partial charge in [0.05, 0.1) is 15.6 Å². The molecular weight excluding hydrogens is 463 g/mol. The molecule has 8 heteroatoms. The zero-order valence-corrected chi connectivity index (χ0v) is 20.1. The number of nitriles is 1. The first-order valence-electron chi connectivity index (χ1n) is 11.5. The second-order valence-corrected chi connectivity index (χ2v) is 9.98. The van der Waals surface area contributed by atoms with Crippen molar-refractivity contribution in [1.29, 1.82) is 5.26 Å². The number of hydrogen-bond donors (Lipinski definition) is 1. The van der Waals surface area contributed by atoms with Gasteiger partial charge in [0.1, 0.15) is 41.4 Å². The number of hydrogen-bond acceptors (Lipinski definition) is 6. The van der Waals surface area contributed by atoms with E-state index < -0.39 is 5.82 Å². The molecule has 1 aliphatic rings. The Kier molecular flexibility index (Phi) is 6.43. The molecule has 1 saturated carbocycles. The zero-order valence-electron chi connectivity index (χ0n) is 19.3. The van der Waals surface area contributed by atoms with Crippen LogP contribution in [0.15, 0.2) is 54.9 Å². The van der Waals surface area contributed by atoms with E-state index in [9.17, 15) is 9.65 Å². The maximum Gasteiger partial charge on any atom is 0.148 e. The van der Waals surface area contributed by atoms with E-state index in [0.717, 1.165) is 34.0 Å². The number of aryl methyl sites for hydroxylation is 1. The number of aromatic nitrogens is 2. The van der Waals surface area contributed by atoms with Gasteiger partial charge in [-0.25, -0.2) is 9.37 Å². The van der Waals surface area contributed by atoms with Gasteiger partial charge in [0, 0.05) is 36.3 Å². The molecule has 6 nitrogen and oxygen atoms in total. The first-order valence-corrected chi connectivity index (χ1v) is 12.4. The summed E-state index contributed by atoms with van der Waals surface area (Å²) in [5, 5.41) is 10.7. The van der Waals surface area contributed by atoms with Crippen LogP contribution in [0.5, 0.6) is 17.2 Å². The zero-order chi connectivity index (χ0) is 24.4. The van der Waals surface area contributed by atoms with Crippen LogP contribution in [0, 0.1) is 24.1 Å². The Morgan fingerprint density at radius 1 is 1.14 bits per heavy atom. The summed E-state index contributed by atoms with van der Waals surface area (Å²) in [7, 11) is 0. The molecule has 1 fully saturated rings. The van der Waals surface area contributed by atoms with Crippen molar-refractivity contribution in [1.82, 2.24) is 9.55 Å². The molecule has 0 amide bonds. The third-order valence-electron chi connectivity index (χ3n) is 6.22. The smallest absolute Gasteiger partial charge is 0.148 e. The number of halogens is 1. The van der Waals surface area contributed by atoms with Gasteiger partial charge in [-0.1, -0.05) is 12.8 Å². The quantitative estimate of drug-likeness (QED) is 0.307. The summed E-state index contributed by atoms with van der Waals surface area (Å²) in [5.74, 6) is 1.22. The first kappa shape index (κ1) is 22.9. The first-order chi connectivity index (χ1) is 17.0. The molecule has 0 atom stereocenters. The molecule has 0 spiro atoms. The fourth-order valence-electron chi connectivity index (χ4n) is 4.54. The van der Waals surface area contributed by atoms with Gasteiger partial charge in [-0.3, -0.25) is 0 Å². The van der Waals surface area contributed by atoms with Gasteiger partial charge in [0.15, 0.2) is 0 Å². The van der Waals surface area contributed by atoms with Crippen molar-refractivity contribution in [2.75, 3.05) is 5.73 Å². The summed E-state index contributed by atoms with van der Waals surface area (Å²) in [4.78, 5) is 5.16. The molecule has 0 saturated heterocycles. The fraction of sp³-hybridized carbons (Fsp3) is 0.259. The molecule has 2 N–H and O–H groups in total. The maximum absolute atomic E-state index is 14.2. The molecule has 5 rings (SSSR count). The van der Waals surface area contributed by atoms with Gasteiger partial charge < -0.3 is 19.8 Å². The van der Waals surface area contributed by atoms with Crippen LogP contribution in [0.4, 0.5) is 10.1 Å². The Hall–Kier alpha value is -3.83. The molecule has 2 aromatic carbocycles. The Bertz CT molecular complexity index is 1380. The topological polar surface area (TPSA) is 86.1 Å². The van der Waals surface area contributed by atoms with Crippen molar-refractivity contribution in [3.63, 3.8) is 0 Å². The van der Waals surface area contributed by atoms with Gasteiger partial charge in [-0.2, -0.15) is 5.26 Å². The van der Waals surface area contributed by atoms with Crippen LogP contribution in [0.1, 0.15) is 52.7 Å². The van der Waals surface area contributed by atoms with Gasteiger partial charge in [-0.05, 0) is 55.5 Å². The highest BCUT2D eigenvalue weighted by Gasteiger charge is 2.24. The van der Waals surface area contributed by atoms with Crippen LogP contribution in [0.2, 0.25) is 0 Å². The predicted octanol–water partition coefficient (Wildman–Crippen LogP) is 6.86. The normalized spacial score (nSPS) is 13.6. The number of benzene rings is 2. The molecule has 0 bridgehead atoms. The van der Waals surface area contributed by atoms with E-state index >= 15 is 0 Å². The van der Waals surface area contributed by atoms with Crippen molar-refractivity contribution >= 4 is 17.0 Å². The molecule has 0 unspecified atom stereocenters. The van der Waals surface area contributed by atoms with E-state index in [4.69, 9.17) is 15.2 Å². The third-order valence-corrected chi connectivity index (χ3v) is 7.11. The predicted molar refractivity (Wildman–Crippen MR) is 134 cm³/mol. The molecular formula is C27H25FN4O2S. The molecule has 0 radical (unpaired) electrons. The molecule has 35 heavy (non-hydrogen) atoms. The van der Waals surface area contributed by atoms with Gasteiger partial charge in [0.2, 0.25) is 0 Å². The van der Waals surface area contributed by atoms with Crippen LogP contribution in [0.3, 0.4) is 0 Å². The molecule has 1 aliphatic carbocycles. The van der Waals surface area contributed by atoms with Crippen molar-refractivity contribution in [3.05, 3.63) is 81.8 Å². The second kappa shape index (κ2) is 9.80. The van der Waals surface area contributed by atoms with E-state index in [-0.39, 0.29) is 0 Å². The van der Waals surface area contributed by atoms with Crippen molar-refractivity contribution < 1.29 is 13.9 Å². The Labute approximate surface area is 207 Å². The van der Waals surface area contributed by atoms with Gasteiger partial charge >= 0.3 is 0 Å². The van der Waals surface area contributed by atoms with Crippen LogP contribution in [-0.2, 0) is 6.61 Å². The average molecular weight is 489 g/mol. The van der Waals surface area contributed by atoms with Crippen molar-refractivity contribution in [2.24, 2.45) is 0 Å². The largest absolute Gasteiger partial charge is 0.488 e. The lowest BCUT2D eigenvalue weighted by molar-refractivity contribution is 0.306. The summed E-state index contributed by atoms with van der Waals surface area (Å²) in [6.45, 7) is 2.24. The molecule has 2 heterocycles. The number of nitrogens with two attached hydrogens (primary N) is 1. The summed E-state index contributed by atoms with van der Waals surface area (Å²) < 4.78 is 27.6. The monoisotopic (exact) mass is 488 g/mol. The Morgan fingerprint density at radius 3 is 2.57 bits per heavy atom. The molecule has 178 valence electrons. The highest BCUT2D eigenvalue weighted by atomic mass is 32.1. The van der Waals surface area contributed by atoms with Crippen LogP contribution >= 0.6 is 11.3 Å². The van der Waals surface area contributed by atoms with Crippen LogP contribution in [0.25, 0.3) is 5.69 Å².